The summed E-state index contributed by atoms with van der Waals surface area (Å²) < 4.78 is 1.87. The first-order valence-corrected chi connectivity index (χ1v) is 4.77. The fraction of sp³-hybridized carbons (Fsp3) is 0.300. The summed E-state index contributed by atoms with van der Waals surface area (Å²) in [7, 11) is 0. The second kappa shape index (κ2) is 4.18. The summed E-state index contributed by atoms with van der Waals surface area (Å²) >= 11 is 0. The number of imidazole rings is 1. The van der Waals surface area contributed by atoms with Crippen LogP contribution in [0.5, 0.6) is 0 Å². The average molecular weight is 204 g/mol. The largest absolute Gasteiger partial charge is 0.380 e. The van der Waals surface area contributed by atoms with Crippen molar-refractivity contribution in [2.75, 3.05) is 0 Å². The maximum atomic E-state index is 10.0. The number of aliphatic hydroxyl groups excluding tert-OH is 1. The van der Waals surface area contributed by atoms with Crippen LogP contribution in [0, 0.1) is 0 Å². The summed E-state index contributed by atoms with van der Waals surface area (Å²) in [6, 6.07) is 0. The van der Waals surface area contributed by atoms with Crippen LogP contribution in [0.2, 0.25) is 0 Å². The summed E-state index contributed by atoms with van der Waals surface area (Å²) in [5.41, 5.74) is 1.27. The average Bonchev–Trinajstić information content (AvgIpc) is 2.77. The summed E-state index contributed by atoms with van der Waals surface area (Å²) in [5.74, 6) is 0. The van der Waals surface area contributed by atoms with Crippen LogP contribution >= 0.6 is 0 Å². The SMILES string of the molecule is CCn1cncc1C(O)c1cnccn1. The normalized spacial score (nSPS) is 12.7. The molecule has 1 atom stereocenters. The Morgan fingerprint density at radius 3 is 2.87 bits per heavy atom. The van der Waals surface area contributed by atoms with E-state index >= 15 is 0 Å². The quantitative estimate of drug-likeness (QED) is 0.802. The Kier molecular flexibility index (Phi) is 2.73. The van der Waals surface area contributed by atoms with E-state index in [4.69, 9.17) is 0 Å². The molecule has 0 bridgehead atoms. The van der Waals surface area contributed by atoms with Gasteiger partial charge in [0.2, 0.25) is 0 Å². The highest BCUT2D eigenvalue weighted by Gasteiger charge is 2.15. The molecule has 2 heterocycles. The number of hydrogen-bond acceptors (Lipinski definition) is 4. The van der Waals surface area contributed by atoms with Crippen LogP contribution in [0.1, 0.15) is 24.4 Å². The van der Waals surface area contributed by atoms with Crippen LogP contribution in [0.4, 0.5) is 0 Å². The Labute approximate surface area is 87.5 Å². The first-order chi connectivity index (χ1) is 7.33. The number of hydrogen-bond donors (Lipinski definition) is 1. The van der Waals surface area contributed by atoms with Gasteiger partial charge in [-0.25, -0.2) is 4.98 Å². The van der Waals surface area contributed by atoms with Crippen molar-refractivity contribution in [1.82, 2.24) is 19.5 Å². The van der Waals surface area contributed by atoms with Crippen molar-refractivity contribution in [2.45, 2.75) is 19.6 Å². The Morgan fingerprint density at radius 1 is 1.33 bits per heavy atom. The molecule has 0 aliphatic rings. The van der Waals surface area contributed by atoms with Gasteiger partial charge in [0.15, 0.2) is 0 Å². The van der Waals surface area contributed by atoms with E-state index in [-0.39, 0.29) is 0 Å². The minimum Gasteiger partial charge on any atom is -0.380 e. The number of aromatic nitrogens is 4. The maximum absolute atomic E-state index is 10.0. The van der Waals surface area contributed by atoms with E-state index < -0.39 is 6.10 Å². The molecular weight excluding hydrogens is 192 g/mol. The van der Waals surface area contributed by atoms with E-state index in [0.29, 0.717) is 5.69 Å². The van der Waals surface area contributed by atoms with Crippen LogP contribution in [0.15, 0.2) is 31.1 Å². The molecule has 1 unspecified atom stereocenters. The number of nitrogens with zero attached hydrogens (tertiary/aromatic N) is 4. The lowest BCUT2D eigenvalue weighted by atomic mass is 10.2. The van der Waals surface area contributed by atoms with Gasteiger partial charge in [0.25, 0.3) is 0 Å². The Morgan fingerprint density at radius 2 is 2.20 bits per heavy atom. The van der Waals surface area contributed by atoms with Gasteiger partial charge < -0.3 is 9.67 Å². The van der Waals surface area contributed by atoms with Crippen molar-refractivity contribution in [3.63, 3.8) is 0 Å². The predicted octanol–water partition coefficient (Wildman–Crippen LogP) is 0.775. The number of aryl methyl sites for hydroxylation is 1. The zero-order valence-corrected chi connectivity index (χ0v) is 8.41. The first-order valence-electron chi connectivity index (χ1n) is 4.77. The highest BCUT2D eigenvalue weighted by atomic mass is 16.3. The molecule has 0 amide bonds. The van der Waals surface area contributed by atoms with E-state index in [2.05, 4.69) is 15.0 Å². The van der Waals surface area contributed by atoms with Crippen molar-refractivity contribution in [3.05, 3.63) is 42.5 Å². The van der Waals surface area contributed by atoms with E-state index in [1.54, 1.807) is 31.1 Å². The molecule has 0 saturated heterocycles. The van der Waals surface area contributed by atoms with Gasteiger partial charge in [0, 0.05) is 18.9 Å². The van der Waals surface area contributed by atoms with Gasteiger partial charge in [0.1, 0.15) is 6.10 Å². The molecule has 0 aliphatic heterocycles. The van der Waals surface area contributed by atoms with Crippen LogP contribution in [-0.2, 0) is 6.54 Å². The highest BCUT2D eigenvalue weighted by molar-refractivity contribution is 5.15. The number of aliphatic hydroxyl groups is 1. The molecule has 0 radical (unpaired) electrons. The predicted molar refractivity (Wildman–Crippen MR) is 54.0 cm³/mol. The molecular formula is C10H12N4O. The monoisotopic (exact) mass is 204 g/mol. The standard InChI is InChI=1S/C10H12N4O/c1-2-14-7-12-6-9(14)10(15)8-5-11-3-4-13-8/h3-7,10,15H,2H2,1H3. The molecule has 2 rings (SSSR count). The van der Waals surface area contributed by atoms with Gasteiger partial charge in [-0.2, -0.15) is 0 Å². The lowest BCUT2D eigenvalue weighted by Crippen LogP contribution is -2.08. The summed E-state index contributed by atoms with van der Waals surface area (Å²) in [6.07, 6.45) is 7.26. The van der Waals surface area contributed by atoms with Crippen molar-refractivity contribution in [2.24, 2.45) is 0 Å². The third-order valence-corrected chi connectivity index (χ3v) is 2.23. The third-order valence-electron chi connectivity index (χ3n) is 2.23. The molecule has 0 saturated carbocycles. The second-order valence-corrected chi connectivity index (χ2v) is 3.14. The van der Waals surface area contributed by atoms with Crippen LogP contribution < -0.4 is 0 Å². The molecule has 0 spiro atoms. The summed E-state index contributed by atoms with van der Waals surface area (Å²) in [6.45, 7) is 2.77. The Bertz CT molecular complexity index is 426. The lowest BCUT2D eigenvalue weighted by molar-refractivity contribution is 0.205. The third kappa shape index (κ3) is 1.87. The molecule has 2 aromatic rings. The molecule has 0 fully saturated rings. The van der Waals surface area contributed by atoms with E-state index in [9.17, 15) is 5.11 Å². The van der Waals surface area contributed by atoms with Crippen molar-refractivity contribution < 1.29 is 5.11 Å². The van der Waals surface area contributed by atoms with Crippen molar-refractivity contribution in [3.8, 4) is 0 Å². The molecule has 0 aromatic carbocycles. The van der Waals surface area contributed by atoms with E-state index in [1.165, 1.54) is 0 Å². The first kappa shape index (κ1) is 9.79. The van der Waals surface area contributed by atoms with E-state index in [1.807, 2.05) is 11.5 Å². The molecule has 5 nitrogen and oxygen atoms in total. The van der Waals surface area contributed by atoms with Gasteiger partial charge in [-0.3, -0.25) is 9.97 Å². The minimum absolute atomic E-state index is 0.535. The smallest absolute Gasteiger partial charge is 0.139 e. The fourth-order valence-corrected chi connectivity index (χ4v) is 1.43. The highest BCUT2D eigenvalue weighted by Crippen LogP contribution is 2.18. The fourth-order valence-electron chi connectivity index (χ4n) is 1.43. The summed E-state index contributed by atoms with van der Waals surface area (Å²) in [5, 5.41) is 10.0. The molecule has 15 heavy (non-hydrogen) atoms. The van der Waals surface area contributed by atoms with Gasteiger partial charge in [-0.15, -0.1) is 0 Å². The van der Waals surface area contributed by atoms with Gasteiger partial charge in [0.05, 0.1) is 30.1 Å². The lowest BCUT2D eigenvalue weighted by Gasteiger charge is -2.11. The topological polar surface area (TPSA) is 63.8 Å². The van der Waals surface area contributed by atoms with Crippen LogP contribution in [0.3, 0.4) is 0 Å². The number of rotatable bonds is 3. The zero-order chi connectivity index (χ0) is 10.7. The Balaban J connectivity index is 2.32. The molecule has 5 heteroatoms. The van der Waals surface area contributed by atoms with Gasteiger partial charge in [-0.05, 0) is 6.92 Å². The zero-order valence-electron chi connectivity index (χ0n) is 8.41. The molecule has 78 valence electrons. The second-order valence-electron chi connectivity index (χ2n) is 3.14. The molecule has 2 aromatic heterocycles. The maximum Gasteiger partial charge on any atom is 0.139 e. The minimum atomic E-state index is -0.763. The van der Waals surface area contributed by atoms with E-state index in [0.717, 1.165) is 12.2 Å². The van der Waals surface area contributed by atoms with Gasteiger partial charge >= 0.3 is 0 Å². The summed E-state index contributed by atoms with van der Waals surface area (Å²) in [4.78, 5) is 12.0. The Hall–Kier alpha value is -1.75. The van der Waals surface area contributed by atoms with Crippen LogP contribution in [-0.4, -0.2) is 24.6 Å². The molecule has 0 aliphatic carbocycles. The van der Waals surface area contributed by atoms with Crippen molar-refractivity contribution >= 4 is 0 Å². The van der Waals surface area contributed by atoms with Crippen LogP contribution in [0.25, 0.3) is 0 Å². The van der Waals surface area contributed by atoms with Crippen molar-refractivity contribution in [1.29, 1.82) is 0 Å². The molecule has 1 N–H and O–H groups in total. The van der Waals surface area contributed by atoms with Gasteiger partial charge in [-0.1, -0.05) is 0 Å².